The van der Waals surface area contributed by atoms with Crippen LogP contribution in [0.15, 0.2) is 53.7 Å². The lowest BCUT2D eigenvalue weighted by Crippen LogP contribution is -2.48. The second-order valence-electron chi connectivity index (χ2n) is 6.75. The van der Waals surface area contributed by atoms with E-state index in [1.807, 2.05) is 42.6 Å². The minimum atomic E-state index is 0.428. The highest BCUT2D eigenvalue weighted by atomic mass is 15.2. The molecule has 6 nitrogen and oxygen atoms in total. The van der Waals surface area contributed by atoms with E-state index in [4.69, 9.17) is 5.26 Å². The predicted molar refractivity (Wildman–Crippen MR) is 107 cm³/mol. The third-order valence-electron chi connectivity index (χ3n) is 4.81. The van der Waals surface area contributed by atoms with Crippen molar-refractivity contribution in [2.75, 3.05) is 20.1 Å². The SMILES string of the molecule is CN=C(NCc1ccc(C#N)cc1)NC1CCN(Cc2ccccn2)CC1. The summed E-state index contributed by atoms with van der Waals surface area (Å²) < 4.78 is 0. The standard InChI is InChI=1S/C21H26N6/c1-23-21(25-15-18-7-5-17(14-22)6-8-18)26-19-9-12-27(13-10-19)16-20-4-2-3-11-24-20/h2-8,11,19H,9-10,12-13,15-16H2,1H3,(H2,23,25,26). The Bertz CT molecular complexity index is 771. The van der Waals surface area contributed by atoms with Gasteiger partial charge in [-0.25, -0.2) is 0 Å². The van der Waals surface area contributed by atoms with Gasteiger partial charge in [0, 0.05) is 45.5 Å². The lowest BCUT2D eigenvalue weighted by atomic mass is 10.0. The van der Waals surface area contributed by atoms with Crippen molar-refractivity contribution in [2.24, 2.45) is 4.99 Å². The highest BCUT2D eigenvalue weighted by molar-refractivity contribution is 5.79. The van der Waals surface area contributed by atoms with Crippen LogP contribution >= 0.6 is 0 Å². The molecule has 0 unspecified atom stereocenters. The first kappa shape index (κ1) is 18.9. The van der Waals surface area contributed by atoms with Gasteiger partial charge in [-0.3, -0.25) is 14.9 Å². The second-order valence-corrected chi connectivity index (χ2v) is 6.75. The van der Waals surface area contributed by atoms with Crippen LogP contribution in [-0.4, -0.2) is 42.0 Å². The van der Waals surface area contributed by atoms with Crippen LogP contribution in [0.3, 0.4) is 0 Å². The van der Waals surface area contributed by atoms with Crippen LogP contribution < -0.4 is 10.6 Å². The van der Waals surface area contributed by atoms with Crippen molar-refractivity contribution in [1.82, 2.24) is 20.5 Å². The van der Waals surface area contributed by atoms with E-state index in [1.54, 1.807) is 7.05 Å². The molecular formula is C21H26N6. The molecule has 0 radical (unpaired) electrons. The molecule has 1 aliphatic heterocycles. The molecule has 0 aliphatic carbocycles. The van der Waals surface area contributed by atoms with Gasteiger partial charge in [0.1, 0.15) is 0 Å². The molecule has 0 spiro atoms. The van der Waals surface area contributed by atoms with E-state index in [9.17, 15) is 0 Å². The van der Waals surface area contributed by atoms with Gasteiger partial charge in [0.15, 0.2) is 5.96 Å². The molecule has 6 heteroatoms. The number of pyridine rings is 1. The number of hydrogen-bond acceptors (Lipinski definition) is 4. The van der Waals surface area contributed by atoms with Gasteiger partial charge in [0.2, 0.25) is 0 Å². The maximum absolute atomic E-state index is 8.87. The summed E-state index contributed by atoms with van der Waals surface area (Å²) in [4.78, 5) is 11.2. The fourth-order valence-electron chi connectivity index (χ4n) is 3.23. The Morgan fingerprint density at radius 3 is 2.63 bits per heavy atom. The molecule has 140 valence electrons. The monoisotopic (exact) mass is 362 g/mol. The summed E-state index contributed by atoms with van der Waals surface area (Å²) in [6.07, 6.45) is 4.03. The Morgan fingerprint density at radius 1 is 1.22 bits per heavy atom. The molecule has 1 aliphatic rings. The summed E-state index contributed by atoms with van der Waals surface area (Å²) in [5.74, 6) is 0.822. The van der Waals surface area contributed by atoms with Crippen molar-refractivity contribution >= 4 is 5.96 Å². The number of aromatic nitrogens is 1. The van der Waals surface area contributed by atoms with Crippen molar-refractivity contribution in [3.63, 3.8) is 0 Å². The Hall–Kier alpha value is -2.91. The van der Waals surface area contributed by atoms with Crippen molar-refractivity contribution in [3.05, 3.63) is 65.5 Å². The van der Waals surface area contributed by atoms with Crippen LogP contribution in [0.5, 0.6) is 0 Å². The van der Waals surface area contributed by atoms with Crippen molar-refractivity contribution in [2.45, 2.75) is 32.0 Å². The Kier molecular flexibility index (Phi) is 6.78. The highest BCUT2D eigenvalue weighted by Gasteiger charge is 2.20. The Labute approximate surface area is 160 Å². The Morgan fingerprint density at radius 2 is 2.00 bits per heavy atom. The van der Waals surface area contributed by atoms with Crippen LogP contribution in [0.25, 0.3) is 0 Å². The highest BCUT2D eigenvalue weighted by Crippen LogP contribution is 2.13. The molecule has 0 atom stereocenters. The summed E-state index contributed by atoms with van der Waals surface area (Å²) in [6, 6.07) is 16.3. The minimum Gasteiger partial charge on any atom is -0.354 e. The number of rotatable bonds is 5. The maximum Gasteiger partial charge on any atom is 0.191 e. The molecular weight excluding hydrogens is 336 g/mol. The molecule has 2 aromatic rings. The lowest BCUT2D eigenvalue weighted by Gasteiger charge is -2.32. The first-order chi connectivity index (χ1) is 13.3. The van der Waals surface area contributed by atoms with Crippen molar-refractivity contribution in [1.29, 1.82) is 5.26 Å². The zero-order chi connectivity index (χ0) is 18.9. The third kappa shape index (κ3) is 5.80. The first-order valence-electron chi connectivity index (χ1n) is 9.35. The molecule has 2 N–H and O–H groups in total. The first-order valence-corrected chi connectivity index (χ1v) is 9.35. The molecule has 2 heterocycles. The van der Waals surface area contributed by atoms with E-state index in [0.29, 0.717) is 18.2 Å². The van der Waals surface area contributed by atoms with E-state index in [2.05, 4.69) is 37.6 Å². The van der Waals surface area contributed by atoms with Gasteiger partial charge in [-0.2, -0.15) is 5.26 Å². The van der Waals surface area contributed by atoms with Crippen LogP contribution in [-0.2, 0) is 13.1 Å². The number of nitriles is 1. The minimum absolute atomic E-state index is 0.428. The van der Waals surface area contributed by atoms with Gasteiger partial charge in [0.05, 0.1) is 17.3 Å². The van der Waals surface area contributed by atoms with E-state index < -0.39 is 0 Å². The Balaban J connectivity index is 1.42. The molecule has 1 fully saturated rings. The normalized spacial score (nSPS) is 15.9. The second kappa shape index (κ2) is 9.70. The summed E-state index contributed by atoms with van der Waals surface area (Å²) in [7, 11) is 1.80. The summed E-state index contributed by atoms with van der Waals surface area (Å²) in [6.45, 7) is 3.71. The third-order valence-corrected chi connectivity index (χ3v) is 4.81. The zero-order valence-corrected chi connectivity index (χ0v) is 15.7. The summed E-state index contributed by atoms with van der Waals surface area (Å²) >= 11 is 0. The summed E-state index contributed by atoms with van der Waals surface area (Å²) in [5, 5.41) is 15.7. The number of benzene rings is 1. The maximum atomic E-state index is 8.87. The van der Waals surface area contributed by atoms with Gasteiger partial charge < -0.3 is 10.6 Å². The topological polar surface area (TPSA) is 76.3 Å². The average Bonchev–Trinajstić information content (AvgIpc) is 2.73. The number of piperidine rings is 1. The van der Waals surface area contributed by atoms with Gasteiger partial charge in [0.25, 0.3) is 0 Å². The van der Waals surface area contributed by atoms with Crippen molar-refractivity contribution in [3.8, 4) is 6.07 Å². The molecule has 1 aromatic carbocycles. The van der Waals surface area contributed by atoms with Crippen LogP contribution in [0.1, 0.15) is 29.7 Å². The molecule has 0 saturated carbocycles. The van der Waals surface area contributed by atoms with E-state index in [1.165, 1.54) is 0 Å². The molecule has 3 rings (SSSR count). The predicted octanol–water partition coefficient (Wildman–Crippen LogP) is 2.28. The van der Waals surface area contributed by atoms with Gasteiger partial charge >= 0.3 is 0 Å². The fraction of sp³-hybridized carbons (Fsp3) is 0.381. The zero-order valence-electron chi connectivity index (χ0n) is 15.7. The van der Waals surface area contributed by atoms with Gasteiger partial charge in [-0.1, -0.05) is 18.2 Å². The molecule has 27 heavy (non-hydrogen) atoms. The number of guanidine groups is 1. The summed E-state index contributed by atoms with van der Waals surface area (Å²) in [5.41, 5.74) is 2.93. The van der Waals surface area contributed by atoms with Crippen LogP contribution in [0, 0.1) is 11.3 Å². The van der Waals surface area contributed by atoms with Gasteiger partial charge in [-0.15, -0.1) is 0 Å². The lowest BCUT2D eigenvalue weighted by molar-refractivity contribution is 0.196. The number of hydrogen-bond donors (Lipinski definition) is 2. The van der Waals surface area contributed by atoms with E-state index >= 15 is 0 Å². The number of likely N-dealkylation sites (tertiary alicyclic amines) is 1. The fourth-order valence-corrected chi connectivity index (χ4v) is 3.23. The largest absolute Gasteiger partial charge is 0.354 e. The van der Waals surface area contributed by atoms with Gasteiger partial charge in [-0.05, 0) is 42.7 Å². The van der Waals surface area contributed by atoms with Crippen LogP contribution in [0.2, 0.25) is 0 Å². The van der Waals surface area contributed by atoms with Crippen molar-refractivity contribution < 1.29 is 0 Å². The van der Waals surface area contributed by atoms with Crippen LogP contribution in [0.4, 0.5) is 0 Å². The molecule has 0 bridgehead atoms. The molecule has 0 amide bonds. The van der Waals surface area contributed by atoms with E-state index in [0.717, 1.165) is 49.7 Å². The molecule has 1 saturated heterocycles. The average molecular weight is 362 g/mol. The number of aliphatic imine (C=N–C) groups is 1. The van der Waals surface area contributed by atoms with E-state index in [-0.39, 0.29) is 0 Å². The molecule has 1 aromatic heterocycles. The number of nitrogens with zero attached hydrogens (tertiary/aromatic N) is 4. The quantitative estimate of drug-likeness (QED) is 0.630. The smallest absolute Gasteiger partial charge is 0.191 e. The number of nitrogens with one attached hydrogen (secondary N) is 2.